The van der Waals surface area contributed by atoms with Crippen LogP contribution in [-0.2, 0) is 4.79 Å². The van der Waals surface area contributed by atoms with Crippen molar-refractivity contribution in [3.63, 3.8) is 0 Å². The summed E-state index contributed by atoms with van der Waals surface area (Å²) in [5.41, 5.74) is 0.741. The van der Waals surface area contributed by atoms with E-state index in [-0.39, 0.29) is 5.91 Å². The number of carbonyl (C=O) groups excluding carboxylic acids is 1. The molecule has 0 bridgehead atoms. The summed E-state index contributed by atoms with van der Waals surface area (Å²) in [6.45, 7) is 0. The molecule has 0 saturated carbocycles. The van der Waals surface area contributed by atoms with Crippen LogP contribution in [-0.4, -0.2) is 10.2 Å². The second-order valence-corrected chi connectivity index (χ2v) is 6.74. The highest BCUT2D eigenvalue weighted by atomic mass is 35.5. The van der Waals surface area contributed by atoms with E-state index < -0.39 is 0 Å². The number of nitrogens with one attached hydrogen (secondary N) is 1. The van der Waals surface area contributed by atoms with E-state index in [1.807, 2.05) is 0 Å². The van der Waals surface area contributed by atoms with Crippen molar-refractivity contribution in [1.82, 2.24) is 5.32 Å². The van der Waals surface area contributed by atoms with E-state index in [1.54, 1.807) is 36.4 Å². The van der Waals surface area contributed by atoms with E-state index in [1.165, 1.54) is 11.8 Å². The van der Waals surface area contributed by atoms with Gasteiger partial charge in [-0.15, -0.1) is 0 Å². The summed E-state index contributed by atoms with van der Waals surface area (Å²) in [5, 5.41) is 3.62. The Bertz CT molecular complexity index is 783. The lowest BCUT2D eigenvalue weighted by molar-refractivity contribution is -0.115. The lowest BCUT2D eigenvalue weighted by atomic mass is 10.2. The SMILES string of the molecule is O=C1NC(=S)S/C1=C/c1ccc(-c2ccc(Cl)cc2Cl)o1. The molecule has 2 heterocycles. The van der Waals surface area contributed by atoms with Crippen molar-refractivity contribution in [2.45, 2.75) is 0 Å². The molecule has 1 aromatic carbocycles. The molecule has 7 heteroatoms. The summed E-state index contributed by atoms with van der Waals surface area (Å²) in [4.78, 5) is 12.1. The summed E-state index contributed by atoms with van der Waals surface area (Å²) < 4.78 is 6.14. The second kappa shape index (κ2) is 5.85. The van der Waals surface area contributed by atoms with Crippen molar-refractivity contribution in [1.29, 1.82) is 0 Å². The number of amides is 1. The van der Waals surface area contributed by atoms with Crippen molar-refractivity contribution < 1.29 is 9.21 Å². The average Bonchev–Trinajstić information content (AvgIpc) is 2.97. The number of benzene rings is 1. The summed E-state index contributed by atoms with van der Waals surface area (Å²) in [5.74, 6) is 0.945. The Labute approximate surface area is 140 Å². The van der Waals surface area contributed by atoms with Gasteiger partial charge in [0, 0.05) is 16.7 Å². The summed E-state index contributed by atoms with van der Waals surface area (Å²) in [6, 6.07) is 8.73. The molecule has 1 aliphatic heterocycles. The van der Waals surface area contributed by atoms with Crippen LogP contribution in [0.5, 0.6) is 0 Å². The Balaban J connectivity index is 1.92. The molecule has 2 aromatic rings. The Morgan fingerprint density at radius 3 is 2.71 bits per heavy atom. The molecule has 0 aliphatic carbocycles. The third-order valence-electron chi connectivity index (χ3n) is 2.74. The van der Waals surface area contributed by atoms with Gasteiger partial charge >= 0.3 is 0 Å². The summed E-state index contributed by atoms with van der Waals surface area (Å²) in [7, 11) is 0. The van der Waals surface area contributed by atoms with E-state index >= 15 is 0 Å². The molecule has 0 unspecified atom stereocenters. The molecule has 1 aliphatic rings. The fourth-order valence-corrected chi connectivity index (χ4v) is 3.34. The molecule has 0 atom stereocenters. The predicted octanol–water partition coefficient (Wildman–Crippen LogP) is 4.74. The monoisotopic (exact) mass is 355 g/mol. The van der Waals surface area contributed by atoms with E-state index in [0.29, 0.717) is 30.8 Å². The van der Waals surface area contributed by atoms with Gasteiger partial charge in [0.05, 0.1) is 9.93 Å². The Hall–Kier alpha value is -1.27. The molecule has 1 amide bonds. The zero-order valence-electron chi connectivity index (χ0n) is 10.4. The number of hydrogen-bond donors (Lipinski definition) is 1. The number of furan rings is 1. The normalized spacial score (nSPS) is 16.6. The van der Waals surface area contributed by atoms with Crippen LogP contribution in [0, 0.1) is 0 Å². The molecular formula is C14H7Cl2NO2S2. The van der Waals surface area contributed by atoms with Gasteiger partial charge in [0.2, 0.25) is 0 Å². The summed E-state index contributed by atoms with van der Waals surface area (Å²) >= 11 is 18.1. The zero-order chi connectivity index (χ0) is 15.0. The van der Waals surface area contributed by atoms with Gasteiger partial charge in [-0.05, 0) is 30.3 Å². The van der Waals surface area contributed by atoms with Crippen LogP contribution in [0.4, 0.5) is 0 Å². The minimum absolute atomic E-state index is 0.215. The van der Waals surface area contributed by atoms with Crippen molar-refractivity contribution in [2.24, 2.45) is 0 Å². The zero-order valence-corrected chi connectivity index (χ0v) is 13.5. The number of hydrogen-bond acceptors (Lipinski definition) is 4. The molecule has 1 aromatic heterocycles. The topological polar surface area (TPSA) is 42.2 Å². The number of rotatable bonds is 2. The van der Waals surface area contributed by atoms with Crippen LogP contribution >= 0.6 is 47.2 Å². The van der Waals surface area contributed by atoms with Gasteiger partial charge in [0.25, 0.3) is 5.91 Å². The van der Waals surface area contributed by atoms with Crippen LogP contribution in [0.3, 0.4) is 0 Å². The Morgan fingerprint density at radius 1 is 1.24 bits per heavy atom. The van der Waals surface area contributed by atoms with Crippen LogP contribution in [0.1, 0.15) is 5.76 Å². The Morgan fingerprint density at radius 2 is 2.05 bits per heavy atom. The van der Waals surface area contributed by atoms with Crippen molar-refractivity contribution in [2.75, 3.05) is 0 Å². The van der Waals surface area contributed by atoms with Crippen LogP contribution in [0.2, 0.25) is 10.0 Å². The van der Waals surface area contributed by atoms with E-state index in [9.17, 15) is 4.79 Å². The standard InChI is InChI=1S/C14H7Cl2NO2S2/c15-7-1-3-9(10(16)5-7)11-4-2-8(19-11)6-12-13(18)17-14(20)21-12/h1-6H,(H,17,18,20)/b12-6+. The van der Waals surface area contributed by atoms with E-state index in [4.69, 9.17) is 39.8 Å². The number of thioether (sulfide) groups is 1. The number of carbonyl (C=O) groups is 1. The molecule has 106 valence electrons. The van der Waals surface area contributed by atoms with Crippen molar-refractivity contribution in [3.05, 3.63) is 51.0 Å². The molecule has 21 heavy (non-hydrogen) atoms. The van der Waals surface area contributed by atoms with Gasteiger partial charge in [0.1, 0.15) is 15.8 Å². The molecule has 3 rings (SSSR count). The first-order chi connectivity index (χ1) is 10.0. The van der Waals surface area contributed by atoms with Crippen LogP contribution < -0.4 is 5.32 Å². The molecule has 0 radical (unpaired) electrons. The fourth-order valence-electron chi connectivity index (χ4n) is 1.81. The van der Waals surface area contributed by atoms with Gasteiger partial charge in [-0.1, -0.05) is 47.2 Å². The van der Waals surface area contributed by atoms with Crippen molar-refractivity contribution in [3.8, 4) is 11.3 Å². The van der Waals surface area contributed by atoms with Crippen molar-refractivity contribution >= 4 is 63.5 Å². The largest absolute Gasteiger partial charge is 0.457 e. The van der Waals surface area contributed by atoms with Crippen LogP contribution in [0.25, 0.3) is 17.4 Å². The van der Waals surface area contributed by atoms with Gasteiger partial charge in [0.15, 0.2) is 0 Å². The highest BCUT2D eigenvalue weighted by molar-refractivity contribution is 8.26. The minimum atomic E-state index is -0.215. The maximum absolute atomic E-state index is 11.6. The van der Waals surface area contributed by atoms with Gasteiger partial charge in [-0.25, -0.2) is 0 Å². The maximum Gasteiger partial charge on any atom is 0.263 e. The van der Waals surface area contributed by atoms with Crippen LogP contribution in [0.15, 0.2) is 39.7 Å². The quantitative estimate of drug-likeness (QED) is 0.623. The molecule has 0 spiro atoms. The first-order valence-electron chi connectivity index (χ1n) is 5.83. The van der Waals surface area contributed by atoms with E-state index in [2.05, 4.69) is 5.32 Å². The first kappa shape index (κ1) is 14.7. The van der Waals surface area contributed by atoms with Gasteiger partial charge in [-0.3, -0.25) is 4.79 Å². The lowest BCUT2D eigenvalue weighted by Gasteiger charge is -2.00. The molecule has 1 N–H and O–H groups in total. The highest BCUT2D eigenvalue weighted by Gasteiger charge is 2.22. The maximum atomic E-state index is 11.6. The smallest absolute Gasteiger partial charge is 0.263 e. The van der Waals surface area contributed by atoms with E-state index in [0.717, 1.165) is 5.56 Å². The first-order valence-corrected chi connectivity index (χ1v) is 7.81. The summed E-state index contributed by atoms with van der Waals surface area (Å²) in [6.07, 6.45) is 1.65. The molecule has 1 saturated heterocycles. The third kappa shape index (κ3) is 3.16. The molecular weight excluding hydrogens is 349 g/mol. The number of halogens is 2. The average molecular weight is 356 g/mol. The third-order valence-corrected chi connectivity index (χ3v) is 4.45. The van der Waals surface area contributed by atoms with Gasteiger partial charge in [-0.2, -0.15) is 0 Å². The second-order valence-electron chi connectivity index (χ2n) is 4.18. The minimum Gasteiger partial charge on any atom is -0.457 e. The molecule has 1 fully saturated rings. The number of thiocarbonyl (C=S) groups is 1. The predicted molar refractivity (Wildman–Crippen MR) is 90.5 cm³/mol. The fraction of sp³-hybridized carbons (Fsp3) is 0. The Kier molecular flexibility index (Phi) is 4.08. The lowest BCUT2D eigenvalue weighted by Crippen LogP contribution is -2.17. The molecule has 3 nitrogen and oxygen atoms in total. The van der Waals surface area contributed by atoms with Gasteiger partial charge < -0.3 is 9.73 Å². The highest BCUT2D eigenvalue weighted by Crippen LogP contribution is 2.33.